The number of nitrogens with one attached hydrogen (secondary N) is 2. The third-order valence-corrected chi connectivity index (χ3v) is 3.28. The van der Waals surface area contributed by atoms with Crippen LogP contribution in [0.25, 0.3) is 10.9 Å². The standard InChI is InChI=1S/C10H5Cl4NO.C2H5NO2/c11-7-8(16)5-3-1-2-4-6(5)15-9(7)10(12,13)14;1-3-2(4)5/h1-4H,(H,15,16);3H,1H3,(H,4,5). The maximum absolute atomic E-state index is 11.9. The summed E-state index contributed by atoms with van der Waals surface area (Å²) in [5.41, 5.74) is 0.318. The average Bonchev–Trinajstić information content (AvgIpc) is 2.42. The maximum Gasteiger partial charge on any atom is 0.404 e. The van der Waals surface area contributed by atoms with Gasteiger partial charge in [-0.2, -0.15) is 0 Å². The Morgan fingerprint density at radius 3 is 2.29 bits per heavy atom. The Bertz CT molecular complexity index is 710. The highest BCUT2D eigenvalue weighted by atomic mass is 35.6. The number of fused-ring (bicyclic) bond motifs is 1. The number of carboxylic acid groups (broad SMARTS) is 1. The summed E-state index contributed by atoms with van der Waals surface area (Å²) in [6.07, 6.45) is -0.995. The molecule has 0 aliphatic heterocycles. The highest BCUT2D eigenvalue weighted by Crippen LogP contribution is 2.40. The lowest BCUT2D eigenvalue weighted by atomic mass is 10.2. The first-order valence-electron chi connectivity index (χ1n) is 5.47. The van der Waals surface area contributed by atoms with Crippen LogP contribution in [0.4, 0.5) is 4.79 Å². The van der Waals surface area contributed by atoms with E-state index >= 15 is 0 Å². The Hall–Kier alpha value is -1.14. The van der Waals surface area contributed by atoms with Gasteiger partial charge in [-0.3, -0.25) is 4.79 Å². The molecule has 2 rings (SSSR count). The number of benzene rings is 1. The van der Waals surface area contributed by atoms with Crippen molar-refractivity contribution in [2.75, 3.05) is 7.05 Å². The number of aromatic amines is 1. The molecule has 1 heterocycles. The number of hydrogen-bond donors (Lipinski definition) is 3. The van der Waals surface area contributed by atoms with E-state index in [4.69, 9.17) is 51.5 Å². The molecule has 1 aromatic heterocycles. The molecule has 0 saturated heterocycles. The van der Waals surface area contributed by atoms with Crippen LogP contribution in [0.5, 0.6) is 0 Å². The number of para-hydroxylation sites is 1. The van der Waals surface area contributed by atoms with E-state index in [-0.39, 0.29) is 16.1 Å². The molecule has 0 bridgehead atoms. The molecule has 0 unspecified atom stereocenters. The molecular weight excluding hydrogens is 362 g/mol. The third-order valence-electron chi connectivity index (χ3n) is 2.35. The van der Waals surface area contributed by atoms with Crippen LogP contribution in [0.2, 0.25) is 5.02 Å². The molecule has 2 aromatic rings. The Labute approximate surface area is 139 Å². The number of amides is 1. The highest BCUT2D eigenvalue weighted by Gasteiger charge is 2.28. The predicted molar refractivity (Wildman–Crippen MR) is 85.9 cm³/mol. The van der Waals surface area contributed by atoms with Crippen molar-refractivity contribution in [2.45, 2.75) is 3.79 Å². The molecule has 9 heteroatoms. The molecule has 1 aromatic carbocycles. The summed E-state index contributed by atoms with van der Waals surface area (Å²) in [7, 11) is 1.35. The first-order valence-corrected chi connectivity index (χ1v) is 6.98. The van der Waals surface area contributed by atoms with Gasteiger partial charge in [0.2, 0.25) is 9.22 Å². The Balaban J connectivity index is 0.000000383. The van der Waals surface area contributed by atoms with Crippen molar-refractivity contribution >= 4 is 63.4 Å². The quantitative estimate of drug-likeness (QED) is 0.614. The van der Waals surface area contributed by atoms with E-state index in [0.29, 0.717) is 10.9 Å². The Morgan fingerprint density at radius 1 is 1.29 bits per heavy atom. The smallest absolute Gasteiger partial charge is 0.404 e. The molecule has 21 heavy (non-hydrogen) atoms. The van der Waals surface area contributed by atoms with E-state index in [9.17, 15) is 9.59 Å². The zero-order chi connectivity index (χ0) is 16.2. The van der Waals surface area contributed by atoms with Crippen LogP contribution in [-0.4, -0.2) is 23.2 Å². The van der Waals surface area contributed by atoms with Gasteiger partial charge in [-0.1, -0.05) is 58.5 Å². The zero-order valence-electron chi connectivity index (χ0n) is 10.6. The first-order chi connectivity index (χ1) is 9.68. The second-order valence-electron chi connectivity index (χ2n) is 3.74. The lowest BCUT2D eigenvalue weighted by Gasteiger charge is -2.13. The molecular formula is C12H10Cl4N2O3. The van der Waals surface area contributed by atoms with Crippen LogP contribution in [0.1, 0.15) is 5.69 Å². The van der Waals surface area contributed by atoms with Gasteiger partial charge in [-0.05, 0) is 12.1 Å². The minimum Gasteiger partial charge on any atom is -0.465 e. The minimum atomic E-state index is -1.75. The van der Waals surface area contributed by atoms with Gasteiger partial charge in [0.15, 0.2) is 0 Å². The fraction of sp³-hybridized carbons (Fsp3) is 0.167. The largest absolute Gasteiger partial charge is 0.465 e. The maximum atomic E-state index is 11.9. The molecule has 0 atom stereocenters. The van der Waals surface area contributed by atoms with Crippen LogP contribution < -0.4 is 10.7 Å². The fourth-order valence-corrected chi connectivity index (χ4v) is 2.27. The topological polar surface area (TPSA) is 82.2 Å². The molecule has 1 amide bonds. The van der Waals surface area contributed by atoms with E-state index in [0.717, 1.165) is 0 Å². The van der Waals surface area contributed by atoms with Crippen molar-refractivity contribution in [3.8, 4) is 0 Å². The van der Waals surface area contributed by atoms with Crippen molar-refractivity contribution in [2.24, 2.45) is 0 Å². The van der Waals surface area contributed by atoms with E-state index in [1.807, 2.05) is 5.32 Å². The lowest BCUT2D eigenvalue weighted by Crippen LogP contribution is -2.14. The van der Waals surface area contributed by atoms with E-state index < -0.39 is 9.89 Å². The summed E-state index contributed by atoms with van der Waals surface area (Å²) in [6, 6.07) is 6.88. The lowest BCUT2D eigenvalue weighted by molar-refractivity contribution is 0.197. The molecule has 0 aliphatic carbocycles. The number of carbonyl (C=O) groups is 1. The molecule has 0 spiro atoms. The summed E-state index contributed by atoms with van der Waals surface area (Å²) < 4.78 is -1.75. The van der Waals surface area contributed by atoms with Crippen LogP contribution >= 0.6 is 46.4 Å². The second kappa shape index (κ2) is 7.22. The molecule has 0 fully saturated rings. The third kappa shape index (κ3) is 4.68. The summed E-state index contributed by atoms with van der Waals surface area (Å²) >= 11 is 23.0. The van der Waals surface area contributed by atoms with Gasteiger partial charge in [0.1, 0.15) is 5.02 Å². The van der Waals surface area contributed by atoms with Gasteiger partial charge < -0.3 is 15.4 Å². The average molecular weight is 372 g/mol. The molecule has 0 radical (unpaired) electrons. The Morgan fingerprint density at radius 2 is 1.81 bits per heavy atom. The van der Waals surface area contributed by atoms with Crippen LogP contribution in [0.15, 0.2) is 29.1 Å². The highest BCUT2D eigenvalue weighted by molar-refractivity contribution is 6.67. The molecule has 3 N–H and O–H groups in total. The van der Waals surface area contributed by atoms with E-state index in [2.05, 4.69) is 4.98 Å². The van der Waals surface area contributed by atoms with Gasteiger partial charge in [-0.15, -0.1) is 0 Å². The normalized spacial score (nSPS) is 10.7. The van der Waals surface area contributed by atoms with Crippen molar-refractivity contribution in [3.63, 3.8) is 0 Å². The zero-order valence-corrected chi connectivity index (χ0v) is 13.6. The predicted octanol–water partition coefficient (Wildman–Crippen LogP) is 3.89. The number of aromatic nitrogens is 1. The van der Waals surface area contributed by atoms with Crippen LogP contribution in [0, 0.1) is 0 Å². The van der Waals surface area contributed by atoms with Gasteiger partial charge in [0.25, 0.3) is 0 Å². The fourth-order valence-electron chi connectivity index (χ4n) is 1.41. The van der Waals surface area contributed by atoms with E-state index in [1.54, 1.807) is 24.3 Å². The molecule has 0 saturated carbocycles. The van der Waals surface area contributed by atoms with Gasteiger partial charge in [0.05, 0.1) is 5.69 Å². The second-order valence-corrected chi connectivity index (χ2v) is 6.40. The summed E-state index contributed by atoms with van der Waals surface area (Å²) in [6.45, 7) is 0. The monoisotopic (exact) mass is 370 g/mol. The van der Waals surface area contributed by atoms with Crippen molar-refractivity contribution < 1.29 is 9.90 Å². The Kier molecular flexibility index (Phi) is 6.16. The molecule has 5 nitrogen and oxygen atoms in total. The summed E-state index contributed by atoms with van der Waals surface area (Å²) in [4.78, 5) is 24.0. The van der Waals surface area contributed by atoms with Crippen molar-refractivity contribution in [1.29, 1.82) is 0 Å². The van der Waals surface area contributed by atoms with E-state index in [1.165, 1.54) is 7.05 Å². The van der Waals surface area contributed by atoms with Crippen LogP contribution in [-0.2, 0) is 3.79 Å². The number of halogens is 4. The van der Waals surface area contributed by atoms with Crippen LogP contribution in [0.3, 0.4) is 0 Å². The number of H-pyrrole nitrogens is 1. The molecule has 0 aliphatic rings. The first kappa shape index (κ1) is 17.9. The number of hydrogen-bond acceptors (Lipinski definition) is 2. The van der Waals surface area contributed by atoms with Gasteiger partial charge >= 0.3 is 6.09 Å². The SMILES string of the molecule is CNC(=O)O.O=c1c(Cl)c(C(Cl)(Cl)Cl)[nH]c2ccccc12. The van der Waals surface area contributed by atoms with Gasteiger partial charge in [-0.25, -0.2) is 4.79 Å². The summed E-state index contributed by atoms with van der Waals surface area (Å²) in [5.74, 6) is 0. The summed E-state index contributed by atoms with van der Waals surface area (Å²) in [5, 5.41) is 9.92. The van der Waals surface area contributed by atoms with Crippen molar-refractivity contribution in [1.82, 2.24) is 10.3 Å². The number of rotatable bonds is 0. The minimum absolute atomic E-state index is 0.0860. The number of alkyl halides is 3. The van der Waals surface area contributed by atoms with Crippen molar-refractivity contribution in [3.05, 3.63) is 45.2 Å². The van der Waals surface area contributed by atoms with Gasteiger partial charge in [0, 0.05) is 18.0 Å². The molecule has 114 valence electrons. The number of pyridine rings is 1.